The van der Waals surface area contributed by atoms with Crippen molar-refractivity contribution in [2.24, 2.45) is 0 Å². The van der Waals surface area contributed by atoms with Crippen molar-refractivity contribution in [3.8, 4) is 33.5 Å². The summed E-state index contributed by atoms with van der Waals surface area (Å²) in [6, 6.07) is 36.0. The molecule has 3 aliphatic carbocycles. The highest BCUT2D eigenvalue weighted by Gasteiger charge is 2.52. The Labute approximate surface area is 208 Å². The molecule has 2 nitrogen and oxygen atoms in total. The van der Waals surface area contributed by atoms with Crippen molar-refractivity contribution < 1.29 is 0 Å². The number of benzene rings is 4. The second-order valence-electron chi connectivity index (χ2n) is 10.1. The third kappa shape index (κ3) is 2.02. The predicted octanol–water partition coefficient (Wildman–Crippen LogP) is 7.54. The maximum absolute atomic E-state index is 4.77. The van der Waals surface area contributed by atoms with Crippen molar-refractivity contribution in [2.45, 2.75) is 11.8 Å². The van der Waals surface area contributed by atoms with Crippen LogP contribution in [0.15, 0.2) is 109 Å². The summed E-state index contributed by atoms with van der Waals surface area (Å²) in [7, 11) is 0. The van der Waals surface area contributed by atoms with Crippen LogP contribution in [0.3, 0.4) is 0 Å². The van der Waals surface area contributed by atoms with Crippen molar-refractivity contribution in [1.29, 1.82) is 0 Å². The zero-order valence-electron chi connectivity index (χ0n) is 19.5. The Morgan fingerprint density at radius 2 is 1.31 bits per heavy atom. The molecular weight excluding hydrogens is 436 g/mol. The topological polar surface area (TPSA) is 25.8 Å². The highest BCUT2D eigenvalue weighted by molar-refractivity contribution is 6.05. The molecule has 1 unspecified atom stereocenters. The van der Waals surface area contributed by atoms with Crippen molar-refractivity contribution in [3.05, 3.63) is 143 Å². The SMILES string of the molecule is c1cnc2c(c1)Cc1cc3c(cc1-2)-c1ccccc1C31c2ccccc2-c2c1ccc1ncccc21. The lowest BCUT2D eigenvalue weighted by Gasteiger charge is -2.30. The van der Waals surface area contributed by atoms with Gasteiger partial charge in [-0.3, -0.25) is 9.97 Å². The zero-order valence-corrected chi connectivity index (χ0v) is 19.5. The van der Waals surface area contributed by atoms with Gasteiger partial charge in [0.2, 0.25) is 0 Å². The van der Waals surface area contributed by atoms with Gasteiger partial charge in [-0.15, -0.1) is 0 Å². The van der Waals surface area contributed by atoms with Crippen molar-refractivity contribution >= 4 is 10.9 Å². The fraction of sp³-hybridized carbons (Fsp3) is 0.0588. The van der Waals surface area contributed by atoms with Gasteiger partial charge in [-0.05, 0) is 79.9 Å². The van der Waals surface area contributed by atoms with Crippen LogP contribution in [-0.2, 0) is 11.8 Å². The molecule has 0 fully saturated rings. The lowest BCUT2D eigenvalue weighted by molar-refractivity contribution is 0.793. The van der Waals surface area contributed by atoms with Crippen LogP contribution in [0.1, 0.15) is 33.4 Å². The molecule has 4 aromatic carbocycles. The second kappa shape index (κ2) is 6.35. The monoisotopic (exact) mass is 456 g/mol. The van der Waals surface area contributed by atoms with Gasteiger partial charge in [0.15, 0.2) is 0 Å². The van der Waals surface area contributed by atoms with Crippen LogP contribution in [0.5, 0.6) is 0 Å². The standard InChI is InChI=1S/C34H20N2/c1-3-11-27-22(8-1)26-19-25-21(17-20-7-5-16-36-33(20)25)18-30(26)34(27)28-12-4-2-9-23(28)32-24-10-6-15-35-31(24)14-13-29(32)34/h1-16,18-19H,17H2. The third-order valence-corrected chi connectivity index (χ3v) is 8.59. The van der Waals surface area contributed by atoms with Crippen LogP contribution in [0.4, 0.5) is 0 Å². The quantitative estimate of drug-likeness (QED) is 0.235. The van der Waals surface area contributed by atoms with E-state index in [0.717, 1.165) is 17.6 Å². The van der Waals surface area contributed by atoms with Crippen molar-refractivity contribution in [3.63, 3.8) is 0 Å². The van der Waals surface area contributed by atoms with Gasteiger partial charge in [0.1, 0.15) is 0 Å². The molecule has 6 aromatic rings. The van der Waals surface area contributed by atoms with Crippen molar-refractivity contribution in [2.75, 3.05) is 0 Å². The fourth-order valence-electron chi connectivity index (χ4n) is 7.27. The molecule has 166 valence electrons. The molecular formula is C34H20N2. The van der Waals surface area contributed by atoms with Gasteiger partial charge in [-0.2, -0.15) is 0 Å². The van der Waals surface area contributed by atoms with Crippen molar-refractivity contribution in [1.82, 2.24) is 9.97 Å². The molecule has 9 rings (SSSR count). The molecule has 0 radical (unpaired) electrons. The van der Waals surface area contributed by atoms with Crippen LogP contribution < -0.4 is 0 Å². The molecule has 0 saturated heterocycles. The summed E-state index contributed by atoms with van der Waals surface area (Å²) in [5.41, 5.74) is 16.6. The molecule has 0 bridgehead atoms. The molecule has 2 heterocycles. The maximum atomic E-state index is 4.77. The predicted molar refractivity (Wildman–Crippen MR) is 144 cm³/mol. The summed E-state index contributed by atoms with van der Waals surface area (Å²) >= 11 is 0. The summed E-state index contributed by atoms with van der Waals surface area (Å²) in [6.07, 6.45) is 4.74. The average Bonchev–Trinajstić information content (AvgIpc) is 3.55. The molecule has 36 heavy (non-hydrogen) atoms. The highest BCUT2D eigenvalue weighted by Crippen LogP contribution is 2.64. The Balaban J connectivity index is 1.46. The van der Waals surface area contributed by atoms with E-state index in [9.17, 15) is 0 Å². The number of nitrogens with zero attached hydrogens (tertiary/aromatic N) is 2. The van der Waals surface area contributed by atoms with Crippen LogP contribution in [0.25, 0.3) is 44.4 Å². The Hall–Kier alpha value is -4.56. The molecule has 1 atom stereocenters. The van der Waals surface area contributed by atoms with Gasteiger partial charge < -0.3 is 0 Å². The molecule has 0 saturated carbocycles. The first-order valence-corrected chi connectivity index (χ1v) is 12.6. The second-order valence-corrected chi connectivity index (χ2v) is 10.1. The van der Waals surface area contributed by atoms with Crippen LogP contribution in [-0.4, -0.2) is 9.97 Å². The first kappa shape index (κ1) is 18.7. The number of rotatable bonds is 0. The van der Waals surface area contributed by atoms with Gasteiger partial charge in [0.25, 0.3) is 0 Å². The van der Waals surface area contributed by atoms with E-state index in [2.05, 4.69) is 97.1 Å². The van der Waals surface area contributed by atoms with Gasteiger partial charge >= 0.3 is 0 Å². The van der Waals surface area contributed by atoms with Crippen LogP contribution >= 0.6 is 0 Å². The molecule has 1 spiro atoms. The van der Waals surface area contributed by atoms with E-state index in [-0.39, 0.29) is 5.41 Å². The average molecular weight is 457 g/mol. The maximum Gasteiger partial charge on any atom is 0.0740 e. The van der Waals surface area contributed by atoms with E-state index < -0.39 is 0 Å². The zero-order chi connectivity index (χ0) is 23.4. The summed E-state index contributed by atoms with van der Waals surface area (Å²) in [5, 5.41) is 1.23. The van der Waals surface area contributed by atoms with E-state index in [4.69, 9.17) is 9.97 Å². The summed E-state index contributed by atoms with van der Waals surface area (Å²) in [5.74, 6) is 0. The molecule has 2 heteroatoms. The first-order chi connectivity index (χ1) is 17.9. The molecule has 0 amide bonds. The van der Waals surface area contributed by atoms with E-state index >= 15 is 0 Å². The van der Waals surface area contributed by atoms with E-state index in [0.29, 0.717) is 0 Å². The number of hydrogen-bond acceptors (Lipinski definition) is 2. The highest BCUT2D eigenvalue weighted by atomic mass is 14.7. The third-order valence-electron chi connectivity index (χ3n) is 8.59. The van der Waals surface area contributed by atoms with E-state index in [1.807, 2.05) is 12.4 Å². The molecule has 3 aliphatic rings. The number of aromatic nitrogens is 2. The smallest absolute Gasteiger partial charge is 0.0740 e. The number of fused-ring (bicyclic) bond motifs is 15. The van der Waals surface area contributed by atoms with Gasteiger partial charge in [-0.1, -0.05) is 72.8 Å². The normalized spacial score (nSPS) is 17.4. The minimum Gasteiger partial charge on any atom is -0.256 e. The van der Waals surface area contributed by atoms with E-state index in [1.165, 1.54) is 66.6 Å². The van der Waals surface area contributed by atoms with Gasteiger partial charge in [0, 0.05) is 29.8 Å². The number of pyridine rings is 2. The first-order valence-electron chi connectivity index (χ1n) is 12.6. The molecule has 2 aromatic heterocycles. The van der Waals surface area contributed by atoms with Gasteiger partial charge in [0.05, 0.1) is 16.6 Å². The largest absolute Gasteiger partial charge is 0.256 e. The van der Waals surface area contributed by atoms with Crippen LogP contribution in [0, 0.1) is 0 Å². The fourth-order valence-corrected chi connectivity index (χ4v) is 7.27. The summed E-state index contributed by atoms with van der Waals surface area (Å²) in [4.78, 5) is 9.47. The Kier molecular flexibility index (Phi) is 3.31. The summed E-state index contributed by atoms with van der Waals surface area (Å²) in [6.45, 7) is 0. The minimum absolute atomic E-state index is 0.334. The summed E-state index contributed by atoms with van der Waals surface area (Å²) < 4.78 is 0. The minimum atomic E-state index is -0.334. The number of hydrogen-bond donors (Lipinski definition) is 0. The van der Waals surface area contributed by atoms with Crippen LogP contribution in [0.2, 0.25) is 0 Å². The van der Waals surface area contributed by atoms with E-state index in [1.54, 1.807) is 0 Å². The Morgan fingerprint density at radius 1 is 0.528 bits per heavy atom. The Morgan fingerprint density at radius 3 is 2.22 bits per heavy atom. The Bertz CT molecular complexity index is 1930. The molecule has 0 aliphatic heterocycles. The lowest BCUT2D eigenvalue weighted by Crippen LogP contribution is -2.26. The lowest BCUT2D eigenvalue weighted by atomic mass is 9.70. The van der Waals surface area contributed by atoms with Gasteiger partial charge in [-0.25, -0.2) is 0 Å². The molecule has 0 N–H and O–H groups in total.